The van der Waals surface area contributed by atoms with E-state index in [0.29, 0.717) is 5.69 Å². The summed E-state index contributed by atoms with van der Waals surface area (Å²) >= 11 is 0. The van der Waals surface area contributed by atoms with Crippen LogP contribution in [0.2, 0.25) is 0 Å². The summed E-state index contributed by atoms with van der Waals surface area (Å²) in [5, 5.41) is 17.2. The molecule has 1 N–H and O–H groups in total. The molecule has 0 unspecified atom stereocenters. The fourth-order valence-corrected chi connectivity index (χ4v) is 2.15. The highest BCUT2D eigenvalue weighted by atomic mass is 16.3. The van der Waals surface area contributed by atoms with E-state index in [1.54, 1.807) is 4.68 Å². The van der Waals surface area contributed by atoms with Crippen LogP contribution in [-0.2, 0) is 6.61 Å². The lowest BCUT2D eigenvalue weighted by Gasteiger charge is -2.21. The molecule has 5 nitrogen and oxygen atoms in total. The zero-order valence-electron chi connectivity index (χ0n) is 11.7. The molecule has 0 bridgehead atoms. The van der Waals surface area contributed by atoms with Crippen molar-refractivity contribution in [2.24, 2.45) is 0 Å². The molecular weight excluding hydrogens is 240 g/mol. The summed E-state index contributed by atoms with van der Waals surface area (Å²) in [5.74, 6) is 0. The van der Waals surface area contributed by atoms with Gasteiger partial charge in [0, 0.05) is 18.8 Å². The molecule has 0 spiro atoms. The van der Waals surface area contributed by atoms with Gasteiger partial charge >= 0.3 is 0 Å². The van der Waals surface area contributed by atoms with Gasteiger partial charge in [-0.3, -0.25) is 0 Å². The molecule has 0 amide bonds. The van der Waals surface area contributed by atoms with Crippen molar-refractivity contribution in [1.82, 2.24) is 15.0 Å². The molecule has 0 saturated heterocycles. The molecular formula is C14H20N4O. The lowest BCUT2D eigenvalue weighted by Crippen LogP contribution is -2.21. The molecule has 102 valence electrons. The number of rotatable bonds is 5. The molecule has 19 heavy (non-hydrogen) atoms. The Morgan fingerprint density at radius 1 is 1.16 bits per heavy atom. The predicted octanol–water partition coefficient (Wildman–Crippen LogP) is 1.91. The van der Waals surface area contributed by atoms with Crippen LogP contribution in [0.1, 0.15) is 25.2 Å². The van der Waals surface area contributed by atoms with Crippen molar-refractivity contribution in [2.75, 3.05) is 18.0 Å². The van der Waals surface area contributed by atoms with Crippen molar-refractivity contribution in [1.29, 1.82) is 0 Å². The first-order chi connectivity index (χ1) is 9.21. The zero-order chi connectivity index (χ0) is 13.8. The van der Waals surface area contributed by atoms with Gasteiger partial charge in [0.2, 0.25) is 0 Å². The first-order valence-electron chi connectivity index (χ1n) is 6.58. The first kappa shape index (κ1) is 13.5. The van der Waals surface area contributed by atoms with Crippen molar-refractivity contribution in [3.63, 3.8) is 0 Å². The minimum Gasteiger partial charge on any atom is -0.390 e. The number of hydrogen-bond acceptors (Lipinski definition) is 4. The van der Waals surface area contributed by atoms with E-state index >= 15 is 0 Å². The summed E-state index contributed by atoms with van der Waals surface area (Å²) in [6.45, 7) is 8.10. The number of aliphatic hydroxyl groups is 1. The number of benzene rings is 1. The topological polar surface area (TPSA) is 54.2 Å². The predicted molar refractivity (Wildman–Crippen MR) is 75.6 cm³/mol. The van der Waals surface area contributed by atoms with Crippen LogP contribution in [0.3, 0.4) is 0 Å². The fraction of sp³-hybridized carbons (Fsp3) is 0.429. The van der Waals surface area contributed by atoms with Crippen LogP contribution >= 0.6 is 0 Å². The normalized spacial score (nSPS) is 10.7. The van der Waals surface area contributed by atoms with Gasteiger partial charge in [0.15, 0.2) is 0 Å². The average Bonchev–Trinajstić information content (AvgIpc) is 2.82. The Morgan fingerprint density at radius 3 is 2.26 bits per heavy atom. The van der Waals surface area contributed by atoms with Crippen LogP contribution in [0.4, 0.5) is 5.69 Å². The second kappa shape index (κ2) is 5.84. The van der Waals surface area contributed by atoms with Crippen LogP contribution in [-0.4, -0.2) is 33.2 Å². The van der Waals surface area contributed by atoms with E-state index in [2.05, 4.69) is 41.2 Å². The Morgan fingerprint density at radius 2 is 1.79 bits per heavy atom. The monoisotopic (exact) mass is 260 g/mol. The highest BCUT2D eigenvalue weighted by Gasteiger charge is 2.09. The smallest absolute Gasteiger partial charge is 0.111 e. The highest BCUT2D eigenvalue weighted by Crippen LogP contribution is 2.18. The average molecular weight is 260 g/mol. The Bertz CT molecular complexity index is 529. The van der Waals surface area contributed by atoms with Gasteiger partial charge in [-0.15, -0.1) is 5.10 Å². The summed E-state index contributed by atoms with van der Waals surface area (Å²) in [6, 6.07) is 8.22. The number of hydrogen-bond donors (Lipinski definition) is 1. The lowest BCUT2D eigenvalue weighted by atomic mass is 10.2. The summed E-state index contributed by atoms with van der Waals surface area (Å²) < 4.78 is 1.75. The second-order valence-corrected chi connectivity index (χ2v) is 4.38. The van der Waals surface area contributed by atoms with Gasteiger partial charge in [0.1, 0.15) is 5.69 Å². The van der Waals surface area contributed by atoms with E-state index < -0.39 is 0 Å². The quantitative estimate of drug-likeness (QED) is 0.892. The van der Waals surface area contributed by atoms with E-state index in [1.807, 2.05) is 19.1 Å². The van der Waals surface area contributed by atoms with Crippen LogP contribution in [0.15, 0.2) is 24.3 Å². The second-order valence-electron chi connectivity index (χ2n) is 4.38. The van der Waals surface area contributed by atoms with Crippen molar-refractivity contribution in [3.05, 3.63) is 35.7 Å². The van der Waals surface area contributed by atoms with Crippen LogP contribution in [0.5, 0.6) is 0 Å². The maximum atomic E-state index is 9.14. The van der Waals surface area contributed by atoms with E-state index in [1.165, 1.54) is 5.69 Å². The molecule has 1 aromatic heterocycles. The Kier molecular flexibility index (Phi) is 4.16. The van der Waals surface area contributed by atoms with Gasteiger partial charge < -0.3 is 10.0 Å². The molecule has 0 aliphatic rings. The minimum absolute atomic E-state index is 0.0800. The van der Waals surface area contributed by atoms with Gasteiger partial charge in [-0.05, 0) is 45.0 Å². The van der Waals surface area contributed by atoms with Gasteiger partial charge in [0.05, 0.1) is 18.0 Å². The molecule has 0 aliphatic carbocycles. The molecule has 1 heterocycles. The third-order valence-corrected chi connectivity index (χ3v) is 3.36. The molecule has 1 aromatic carbocycles. The van der Waals surface area contributed by atoms with Crippen molar-refractivity contribution < 1.29 is 5.11 Å². The molecule has 2 aromatic rings. The maximum absolute atomic E-state index is 9.14. The maximum Gasteiger partial charge on any atom is 0.111 e. The molecule has 0 atom stereocenters. The van der Waals surface area contributed by atoms with Crippen molar-refractivity contribution in [2.45, 2.75) is 27.4 Å². The van der Waals surface area contributed by atoms with Gasteiger partial charge in [-0.1, -0.05) is 5.21 Å². The van der Waals surface area contributed by atoms with Gasteiger partial charge in [0.25, 0.3) is 0 Å². The Hall–Kier alpha value is -1.88. The Labute approximate surface area is 113 Å². The first-order valence-corrected chi connectivity index (χ1v) is 6.58. The van der Waals surface area contributed by atoms with E-state index in [-0.39, 0.29) is 6.61 Å². The van der Waals surface area contributed by atoms with Crippen LogP contribution < -0.4 is 4.90 Å². The summed E-state index contributed by atoms with van der Waals surface area (Å²) in [5.41, 5.74) is 3.65. The molecule has 5 heteroatoms. The van der Waals surface area contributed by atoms with Crippen molar-refractivity contribution in [3.8, 4) is 5.69 Å². The summed E-state index contributed by atoms with van der Waals surface area (Å²) in [7, 11) is 0. The largest absolute Gasteiger partial charge is 0.390 e. The molecule has 2 rings (SSSR count). The highest BCUT2D eigenvalue weighted by molar-refractivity contribution is 5.50. The molecule has 0 fully saturated rings. The Balaban J connectivity index is 2.29. The zero-order valence-corrected chi connectivity index (χ0v) is 11.7. The fourth-order valence-electron chi connectivity index (χ4n) is 2.15. The molecule has 0 saturated carbocycles. The molecule has 0 aliphatic heterocycles. The number of nitrogens with zero attached hydrogens (tertiary/aromatic N) is 4. The number of anilines is 1. The number of aliphatic hydroxyl groups excluding tert-OH is 1. The minimum atomic E-state index is -0.0800. The third-order valence-electron chi connectivity index (χ3n) is 3.36. The lowest BCUT2D eigenvalue weighted by molar-refractivity contribution is 0.276. The van der Waals surface area contributed by atoms with Crippen LogP contribution in [0, 0.1) is 6.92 Å². The van der Waals surface area contributed by atoms with Gasteiger partial charge in [-0.25, -0.2) is 4.68 Å². The standard InChI is InChI=1S/C14H20N4O/c1-4-17(5-2)12-6-8-13(9-7-12)18-11(3)14(10-19)15-16-18/h6-9,19H,4-5,10H2,1-3H3. The van der Waals surface area contributed by atoms with Gasteiger partial charge in [-0.2, -0.15) is 0 Å². The van der Waals surface area contributed by atoms with Crippen molar-refractivity contribution >= 4 is 5.69 Å². The SMILES string of the molecule is CCN(CC)c1ccc(-n2nnc(CO)c2C)cc1. The third kappa shape index (κ3) is 2.61. The number of aromatic nitrogens is 3. The summed E-state index contributed by atoms with van der Waals surface area (Å²) in [4.78, 5) is 2.29. The summed E-state index contributed by atoms with van der Waals surface area (Å²) in [6.07, 6.45) is 0. The van der Waals surface area contributed by atoms with E-state index in [4.69, 9.17) is 5.11 Å². The van der Waals surface area contributed by atoms with Crippen LogP contribution in [0.25, 0.3) is 5.69 Å². The molecule has 0 radical (unpaired) electrons. The van der Waals surface area contributed by atoms with E-state index in [0.717, 1.165) is 24.5 Å². The van der Waals surface area contributed by atoms with E-state index in [9.17, 15) is 0 Å².